The van der Waals surface area contributed by atoms with E-state index in [9.17, 15) is 0 Å². The number of fused-ring (bicyclic) bond motifs is 4. The van der Waals surface area contributed by atoms with Crippen LogP contribution in [0.4, 0.5) is 0 Å². The first-order valence-electron chi connectivity index (χ1n) is 13.6. The molecule has 0 aliphatic rings. The summed E-state index contributed by atoms with van der Waals surface area (Å²) >= 11 is 0. The number of benzene rings is 6. The fraction of sp³-hybridized carbons (Fsp3) is 0.0270. The van der Waals surface area contributed by atoms with Crippen LogP contribution >= 0.6 is 0 Å². The van der Waals surface area contributed by atoms with Crippen molar-refractivity contribution in [2.75, 3.05) is 0 Å². The smallest absolute Gasteiger partial charge is 0.227 e. The van der Waals surface area contributed by atoms with Crippen molar-refractivity contribution in [1.29, 1.82) is 10.5 Å². The minimum atomic E-state index is 0.613. The highest BCUT2D eigenvalue weighted by molar-refractivity contribution is 5.88. The molecule has 6 heteroatoms. The summed E-state index contributed by atoms with van der Waals surface area (Å²) in [7, 11) is 0. The normalized spacial score (nSPS) is 10.4. The first-order chi connectivity index (χ1) is 21.1. The number of nitrogens with zero attached hydrogens (tertiary/aromatic N) is 4. The maximum absolute atomic E-state index is 8.94. The van der Waals surface area contributed by atoms with E-state index in [2.05, 4.69) is 41.2 Å². The molecule has 0 saturated heterocycles. The van der Waals surface area contributed by atoms with Gasteiger partial charge in [0.2, 0.25) is 5.89 Å². The third kappa shape index (κ3) is 6.10. The summed E-state index contributed by atoms with van der Waals surface area (Å²) < 4.78 is 10.8. The Kier molecular flexibility index (Phi) is 7.58. The monoisotopic (exact) mass is 556 g/mol. The number of oxazole rings is 2. The Balaban J connectivity index is 0.000000127. The molecule has 0 fully saturated rings. The average Bonchev–Trinajstić information content (AvgIpc) is 3.72. The number of hydrogen-bond acceptors (Lipinski definition) is 6. The van der Waals surface area contributed by atoms with Crippen LogP contribution in [0, 0.1) is 29.6 Å². The van der Waals surface area contributed by atoms with Gasteiger partial charge in [-0.1, -0.05) is 66.2 Å². The summed E-state index contributed by atoms with van der Waals surface area (Å²) in [6.45, 7) is 2.07. The van der Waals surface area contributed by atoms with Gasteiger partial charge in [0, 0.05) is 5.56 Å². The van der Waals surface area contributed by atoms with E-state index in [1.807, 2.05) is 109 Å². The third-order valence-electron chi connectivity index (χ3n) is 6.87. The molecule has 0 amide bonds. The molecule has 0 unspecified atom stereocenters. The predicted molar refractivity (Wildman–Crippen MR) is 169 cm³/mol. The van der Waals surface area contributed by atoms with E-state index in [0.717, 1.165) is 49.5 Å². The van der Waals surface area contributed by atoms with Crippen LogP contribution in [0.2, 0.25) is 0 Å². The molecule has 0 atom stereocenters. The van der Waals surface area contributed by atoms with Crippen LogP contribution in [0.25, 0.3) is 55.2 Å². The van der Waals surface area contributed by atoms with Gasteiger partial charge in [0.25, 0.3) is 0 Å². The molecule has 0 saturated carbocycles. The summed E-state index contributed by atoms with van der Waals surface area (Å²) in [5, 5.41) is 22.1. The highest BCUT2D eigenvalue weighted by Gasteiger charge is 2.08. The Morgan fingerprint density at radius 3 is 1.84 bits per heavy atom. The van der Waals surface area contributed by atoms with Gasteiger partial charge in [-0.15, -0.1) is 0 Å². The minimum Gasteiger partial charge on any atom is -0.443 e. The molecule has 2 aromatic heterocycles. The molecule has 204 valence electrons. The highest BCUT2D eigenvalue weighted by Crippen LogP contribution is 2.27. The van der Waals surface area contributed by atoms with Crippen LogP contribution in [-0.4, -0.2) is 9.97 Å². The lowest BCUT2D eigenvalue weighted by atomic mass is 10.0. The van der Waals surface area contributed by atoms with Crippen LogP contribution < -0.4 is 0 Å². The molecule has 6 nitrogen and oxygen atoms in total. The quantitative estimate of drug-likeness (QED) is 0.200. The van der Waals surface area contributed by atoms with E-state index in [-0.39, 0.29) is 0 Å². The SMILES string of the molecule is Cc1ccc2cc(C#N)ccc2c1.N#Cc1ccc2cc(-c3nc4ccccc4o3)ccc2c1.c1ccc2ocnc2c1. The molecule has 0 N–H and O–H groups in total. The molecule has 43 heavy (non-hydrogen) atoms. The molecule has 6 aromatic carbocycles. The minimum absolute atomic E-state index is 0.613. The maximum atomic E-state index is 8.94. The molecule has 0 radical (unpaired) electrons. The third-order valence-corrected chi connectivity index (χ3v) is 6.87. The summed E-state index contributed by atoms with van der Waals surface area (Å²) in [4.78, 5) is 8.46. The zero-order valence-electron chi connectivity index (χ0n) is 23.2. The average molecular weight is 557 g/mol. The first-order valence-corrected chi connectivity index (χ1v) is 13.6. The van der Waals surface area contributed by atoms with Crippen molar-refractivity contribution in [1.82, 2.24) is 9.97 Å². The fourth-order valence-corrected chi connectivity index (χ4v) is 4.68. The molecule has 0 aliphatic heterocycles. The summed E-state index contributed by atoms with van der Waals surface area (Å²) in [6, 6.07) is 43.3. The Bertz CT molecular complexity index is 2240. The summed E-state index contributed by atoms with van der Waals surface area (Å²) in [5.41, 5.74) is 6.96. The van der Waals surface area contributed by atoms with E-state index in [4.69, 9.17) is 19.4 Å². The maximum Gasteiger partial charge on any atom is 0.227 e. The lowest BCUT2D eigenvalue weighted by Crippen LogP contribution is -1.80. The molecule has 0 spiro atoms. The number of hydrogen-bond donors (Lipinski definition) is 0. The zero-order chi connectivity index (χ0) is 29.6. The number of rotatable bonds is 1. The van der Waals surface area contributed by atoms with Crippen LogP contribution in [-0.2, 0) is 0 Å². The molecule has 8 rings (SSSR count). The van der Waals surface area contributed by atoms with E-state index >= 15 is 0 Å². The molecule has 0 bridgehead atoms. The zero-order valence-corrected chi connectivity index (χ0v) is 23.2. The van der Waals surface area contributed by atoms with Crippen molar-refractivity contribution in [2.24, 2.45) is 0 Å². The second-order valence-electron chi connectivity index (χ2n) is 9.87. The van der Waals surface area contributed by atoms with Crippen LogP contribution in [0.5, 0.6) is 0 Å². The Morgan fingerprint density at radius 2 is 1.16 bits per heavy atom. The fourth-order valence-electron chi connectivity index (χ4n) is 4.68. The van der Waals surface area contributed by atoms with Crippen molar-refractivity contribution >= 4 is 43.7 Å². The predicted octanol–water partition coefficient (Wildman–Crippen LogP) is 9.37. The highest BCUT2D eigenvalue weighted by atomic mass is 16.3. The second kappa shape index (κ2) is 12.1. The van der Waals surface area contributed by atoms with Gasteiger partial charge in [-0.3, -0.25) is 0 Å². The van der Waals surface area contributed by atoms with Gasteiger partial charge >= 0.3 is 0 Å². The van der Waals surface area contributed by atoms with Crippen molar-refractivity contribution in [3.05, 3.63) is 144 Å². The van der Waals surface area contributed by atoms with Gasteiger partial charge in [0.1, 0.15) is 11.0 Å². The van der Waals surface area contributed by atoms with Crippen molar-refractivity contribution in [2.45, 2.75) is 6.92 Å². The van der Waals surface area contributed by atoms with Crippen LogP contribution in [0.15, 0.2) is 137 Å². The van der Waals surface area contributed by atoms with Crippen molar-refractivity contribution in [3.8, 4) is 23.6 Å². The lowest BCUT2D eigenvalue weighted by Gasteiger charge is -2.00. The van der Waals surface area contributed by atoms with Gasteiger partial charge in [-0.25, -0.2) is 9.97 Å². The van der Waals surface area contributed by atoms with Gasteiger partial charge in [-0.05, 0) is 89.1 Å². The topological polar surface area (TPSA) is 99.6 Å². The van der Waals surface area contributed by atoms with Crippen LogP contribution in [0.1, 0.15) is 16.7 Å². The Morgan fingerprint density at radius 1 is 0.581 bits per heavy atom. The largest absolute Gasteiger partial charge is 0.443 e. The standard InChI is InChI=1S/C18H10N2O.C12H9N.C7H5NO/c19-11-12-5-6-14-10-15(8-7-13(14)9-12)18-20-16-3-1-2-4-17(16)21-18;1-9-2-4-12-7-10(8-13)3-5-11(12)6-9;1-2-4-7-6(3-1)8-5-9-7/h1-10H;2-7H,1H3;1-5H. The van der Waals surface area contributed by atoms with Gasteiger partial charge in [-0.2, -0.15) is 10.5 Å². The molecule has 8 aromatic rings. The van der Waals surface area contributed by atoms with E-state index in [0.29, 0.717) is 11.5 Å². The molecular formula is C37H24N4O2. The van der Waals surface area contributed by atoms with Crippen LogP contribution in [0.3, 0.4) is 0 Å². The van der Waals surface area contributed by atoms with Crippen molar-refractivity contribution < 1.29 is 8.83 Å². The number of para-hydroxylation sites is 4. The summed E-state index contributed by atoms with van der Waals surface area (Å²) in [6.07, 6.45) is 1.45. The van der Waals surface area contributed by atoms with Crippen molar-refractivity contribution in [3.63, 3.8) is 0 Å². The number of aromatic nitrogens is 2. The molecule has 0 aliphatic carbocycles. The number of aryl methyl sites for hydroxylation is 1. The van der Waals surface area contributed by atoms with E-state index in [1.54, 1.807) is 0 Å². The number of nitriles is 2. The second-order valence-corrected chi connectivity index (χ2v) is 9.87. The van der Waals surface area contributed by atoms with E-state index < -0.39 is 0 Å². The Labute approximate surface area is 247 Å². The van der Waals surface area contributed by atoms with Gasteiger partial charge in [0.15, 0.2) is 17.6 Å². The first kappa shape index (κ1) is 27.0. The van der Waals surface area contributed by atoms with Gasteiger partial charge < -0.3 is 8.83 Å². The Hall–Kier alpha value is -6.24. The lowest BCUT2D eigenvalue weighted by molar-refractivity contribution is 0.602. The van der Waals surface area contributed by atoms with Gasteiger partial charge in [0.05, 0.1) is 23.3 Å². The van der Waals surface area contributed by atoms with E-state index in [1.165, 1.54) is 17.3 Å². The summed E-state index contributed by atoms with van der Waals surface area (Å²) in [5.74, 6) is 0.613. The molecule has 2 heterocycles. The molecular weight excluding hydrogens is 532 g/mol.